The molecule has 1 heterocycles. The Labute approximate surface area is 75.4 Å². The van der Waals surface area contributed by atoms with Crippen LogP contribution in [0.2, 0.25) is 5.15 Å². The fourth-order valence-corrected chi connectivity index (χ4v) is 1.14. The van der Waals surface area contributed by atoms with E-state index in [4.69, 9.17) is 29.6 Å². The molecule has 0 unspecified atom stereocenters. The number of aromatic nitrogens is 1. The van der Waals surface area contributed by atoms with Gasteiger partial charge < -0.3 is 5.73 Å². The molecule has 2 N–H and O–H groups in total. The monoisotopic (exact) mass is 186 g/mol. The maximum Gasteiger partial charge on any atom is 0.130 e. The van der Waals surface area contributed by atoms with Gasteiger partial charge in [0.25, 0.3) is 0 Å². The Hall–Kier alpha value is -0.670. The van der Waals surface area contributed by atoms with Crippen LogP contribution in [-0.2, 0) is 0 Å². The third-order valence-electron chi connectivity index (χ3n) is 1.21. The number of thiocarbonyl (C=S) groups is 1. The number of halogens is 1. The zero-order chi connectivity index (χ0) is 8.43. The van der Waals surface area contributed by atoms with Gasteiger partial charge >= 0.3 is 0 Å². The summed E-state index contributed by atoms with van der Waals surface area (Å²) in [5.41, 5.74) is 6.98. The van der Waals surface area contributed by atoms with E-state index in [1.807, 2.05) is 6.92 Å². The Morgan fingerprint density at radius 1 is 1.64 bits per heavy atom. The molecule has 11 heavy (non-hydrogen) atoms. The van der Waals surface area contributed by atoms with Crippen LogP contribution in [0.4, 0.5) is 0 Å². The summed E-state index contributed by atoms with van der Waals surface area (Å²) in [6.45, 7) is 1.84. The van der Waals surface area contributed by atoms with Crippen molar-refractivity contribution < 1.29 is 0 Å². The van der Waals surface area contributed by atoms with Gasteiger partial charge in [0, 0.05) is 11.3 Å². The van der Waals surface area contributed by atoms with Crippen molar-refractivity contribution in [1.82, 2.24) is 4.98 Å². The highest BCUT2D eigenvalue weighted by atomic mass is 35.5. The SMILES string of the molecule is Cc1cc(C(N)=S)cc(Cl)n1. The Morgan fingerprint density at radius 3 is 2.73 bits per heavy atom. The maximum atomic E-state index is 5.67. The minimum absolute atomic E-state index is 0.345. The van der Waals surface area contributed by atoms with Crippen LogP contribution in [-0.4, -0.2) is 9.97 Å². The Bertz CT molecular complexity index is 278. The summed E-state index contributed by atoms with van der Waals surface area (Å²) in [5, 5.41) is 0.424. The van der Waals surface area contributed by atoms with Crippen LogP contribution >= 0.6 is 23.8 Å². The molecule has 0 fully saturated rings. The average molecular weight is 187 g/mol. The van der Waals surface area contributed by atoms with Crippen molar-refractivity contribution in [3.63, 3.8) is 0 Å². The first-order valence-electron chi connectivity index (χ1n) is 3.03. The molecular weight excluding hydrogens is 180 g/mol. The quantitative estimate of drug-likeness (QED) is 0.536. The molecule has 0 amide bonds. The normalized spacial score (nSPS) is 9.64. The molecule has 0 saturated carbocycles. The second kappa shape index (κ2) is 3.15. The van der Waals surface area contributed by atoms with Crippen LogP contribution in [0.1, 0.15) is 11.3 Å². The smallest absolute Gasteiger partial charge is 0.130 e. The number of nitrogens with zero attached hydrogens (tertiary/aromatic N) is 1. The lowest BCUT2D eigenvalue weighted by Crippen LogP contribution is -2.09. The Morgan fingerprint density at radius 2 is 2.27 bits per heavy atom. The van der Waals surface area contributed by atoms with Gasteiger partial charge in [-0.25, -0.2) is 4.98 Å². The van der Waals surface area contributed by atoms with Gasteiger partial charge in [0.15, 0.2) is 0 Å². The molecule has 0 aliphatic rings. The summed E-state index contributed by atoms with van der Waals surface area (Å²) in [7, 11) is 0. The summed E-state index contributed by atoms with van der Waals surface area (Å²) in [4.78, 5) is 4.31. The number of rotatable bonds is 1. The zero-order valence-corrected chi connectivity index (χ0v) is 7.54. The summed E-state index contributed by atoms with van der Waals surface area (Å²) >= 11 is 10.4. The molecule has 1 aromatic heterocycles. The lowest BCUT2D eigenvalue weighted by molar-refractivity contribution is 1.20. The second-order valence-electron chi connectivity index (χ2n) is 2.18. The molecular formula is C7H7ClN2S. The van der Waals surface area contributed by atoms with Gasteiger partial charge in [-0.2, -0.15) is 0 Å². The third kappa shape index (κ3) is 2.13. The van der Waals surface area contributed by atoms with Crippen molar-refractivity contribution in [2.24, 2.45) is 5.73 Å². The van der Waals surface area contributed by atoms with E-state index in [1.165, 1.54) is 0 Å². The first-order chi connectivity index (χ1) is 5.09. The van der Waals surface area contributed by atoms with E-state index in [2.05, 4.69) is 4.98 Å². The first kappa shape index (κ1) is 8.43. The molecule has 0 saturated heterocycles. The number of hydrogen-bond donors (Lipinski definition) is 1. The van der Waals surface area contributed by atoms with E-state index < -0.39 is 0 Å². The maximum absolute atomic E-state index is 5.67. The van der Waals surface area contributed by atoms with Gasteiger partial charge in [-0.3, -0.25) is 0 Å². The average Bonchev–Trinajstić information content (AvgIpc) is 1.85. The molecule has 2 nitrogen and oxygen atoms in total. The molecule has 1 rings (SSSR count). The van der Waals surface area contributed by atoms with Crippen LogP contribution < -0.4 is 5.73 Å². The Balaban J connectivity index is 3.19. The van der Waals surface area contributed by atoms with Crippen molar-refractivity contribution in [2.45, 2.75) is 6.92 Å². The summed E-state index contributed by atoms with van der Waals surface area (Å²) < 4.78 is 0. The minimum atomic E-state index is 0.345. The molecule has 0 aliphatic carbocycles. The highest BCUT2D eigenvalue weighted by molar-refractivity contribution is 7.80. The molecule has 0 atom stereocenters. The van der Waals surface area contributed by atoms with Crippen LogP contribution in [0.3, 0.4) is 0 Å². The molecule has 4 heteroatoms. The molecule has 58 valence electrons. The van der Waals surface area contributed by atoms with Crippen molar-refractivity contribution >= 4 is 28.8 Å². The van der Waals surface area contributed by atoms with E-state index in [-0.39, 0.29) is 0 Å². The van der Waals surface area contributed by atoms with Gasteiger partial charge in [-0.1, -0.05) is 23.8 Å². The second-order valence-corrected chi connectivity index (χ2v) is 3.01. The van der Waals surface area contributed by atoms with Gasteiger partial charge in [0.05, 0.1) is 0 Å². The van der Waals surface area contributed by atoms with Crippen molar-refractivity contribution in [1.29, 1.82) is 0 Å². The van der Waals surface area contributed by atoms with Gasteiger partial charge in [-0.15, -0.1) is 0 Å². The number of nitrogens with two attached hydrogens (primary N) is 1. The van der Waals surface area contributed by atoms with E-state index in [9.17, 15) is 0 Å². The van der Waals surface area contributed by atoms with Crippen LogP contribution in [0.25, 0.3) is 0 Å². The molecule has 0 aliphatic heterocycles. The third-order valence-corrected chi connectivity index (χ3v) is 1.64. The predicted molar refractivity (Wildman–Crippen MR) is 49.9 cm³/mol. The fourth-order valence-electron chi connectivity index (χ4n) is 0.770. The van der Waals surface area contributed by atoms with E-state index in [0.717, 1.165) is 11.3 Å². The molecule has 0 radical (unpaired) electrons. The lowest BCUT2D eigenvalue weighted by Gasteiger charge is -1.99. The minimum Gasteiger partial charge on any atom is -0.389 e. The first-order valence-corrected chi connectivity index (χ1v) is 3.82. The fraction of sp³-hybridized carbons (Fsp3) is 0.143. The van der Waals surface area contributed by atoms with Crippen LogP contribution in [0.15, 0.2) is 12.1 Å². The van der Waals surface area contributed by atoms with E-state index >= 15 is 0 Å². The topological polar surface area (TPSA) is 38.9 Å². The highest BCUT2D eigenvalue weighted by Crippen LogP contribution is 2.09. The zero-order valence-electron chi connectivity index (χ0n) is 5.97. The number of aryl methyl sites for hydroxylation is 1. The lowest BCUT2D eigenvalue weighted by atomic mass is 10.2. The molecule has 0 bridgehead atoms. The van der Waals surface area contributed by atoms with Crippen LogP contribution in [0.5, 0.6) is 0 Å². The summed E-state index contributed by atoms with van der Waals surface area (Å²) in [6.07, 6.45) is 0. The van der Waals surface area contributed by atoms with Crippen LogP contribution in [0, 0.1) is 6.92 Å². The predicted octanol–water partition coefficient (Wildman–Crippen LogP) is 1.68. The van der Waals surface area contributed by atoms with Gasteiger partial charge in [0.2, 0.25) is 0 Å². The van der Waals surface area contributed by atoms with Gasteiger partial charge in [-0.05, 0) is 19.1 Å². The van der Waals surface area contributed by atoms with Crippen molar-refractivity contribution in [3.8, 4) is 0 Å². The largest absolute Gasteiger partial charge is 0.389 e. The molecule has 0 aromatic carbocycles. The van der Waals surface area contributed by atoms with Crippen molar-refractivity contribution in [3.05, 3.63) is 28.5 Å². The van der Waals surface area contributed by atoms with E-state index in [1.54, 1.807) is 12.1 Å². The Kier molecular flexibility index (Phi) is 2.42. The number of pyridine rings is 1. The highest BCUT2D eigenvalue weighted by Gasteiger charge is 1.99. The molecule has 1 aromatic rings. The standard InChI is InChI=1S/C7H7ClN2S/c1-4-2-5(7(9)11)3-6(8)10-4/h2-3H,1H3,(H2,9,11). The molecule has 0 spiro atoms. The summed E-state index contributed by atoms with van der Waals surface area (Å²) in [6, 6.07) is 3.45. The summed E-state index contributed by atoms with van der Waals surface area (Å²) in [5.74, 6) is 0. The number of hydrogen-bond acceptors (Lipinski definition) is 2. The van der Waals surface area contributed by atoms with E-state index in [0.29, 0.717) is 10.1 Å². The van der Waals surface area contributed by atoms with Gasteiger partial charge in [0.1, 0.15) is 10.1 Å². The van der Waals surface area contributed by atoms with Crippen molar-refractivity contribution in [2.75, 3.05) is 0 Å².